The van der Waals surface area contributed by atoms with Gasteiger partial charge in [0, 0.05) is 81.0 Å². The summed E-state index contributed by atoms with van der Waals surface area (Å²) in [7, 11) is 3.54. The Labute approximate surface area is 380 Å². The molecule has 0 saturated carbocycles. The maximum Gasteiger partial charge on any atom is 0.410 e. The lowest BCUT2D eigenvalue weighted by atomic mass is 9.98. The number of aliphatic hydroxyl groups excluding tert-OH is 1. The minimum absolute atomic E-state index is 0.149. The maximum absolute atomic E-state index is 14.2. The second-order valence-corrected chi connectivity index (χ2v) is 17.9. The highest BCUT2D eigenvalue weighted by Gasteiger charge is 2.29. The number of anilines is 1. The third-order valence-corrected chi connectivity index (χ3v) is 12.4. The van der Waals surface area contributed by atoms with E-state index in [1.165, 1.54) is 0 Å². The van der Waals surface area contributed by atoms with Crippen molar-refractivity contribution < 1.29 is 33.6 Å². The number of hydrogen-bond acceptors (Lipinski definition) is 11. The first-order valence-electron chi connectivity index (χ1n) is 22.2. The number of carbonyl (C=O) groups is 2. The third kappa shape index (κ3) is 10.6. The average Bonchev–Trinajstić information content (AvgIpc) is 3.79. The van der Waals surface area contributed by atoms with E-state index in [1.54, 1.807) is 35.5 Å². The van der Waals surface area contributed by atoms with Gasteiger partial charge in [-0.05, 0) is 94.5 Å². The number of hydrogen-bond donors (Lipinski definition) is 1. The SMILES string of the molecule is CCOC(=O)c1c(CCCOc2cccc3ccccc23)c2cccc(-c3c(COc4ccc(N5CCN(SC)CC5)cc4)nn(C)c3CO)c2n1CCCN(C)C(=O)OC(C)(C)C. The van der Waals surface area contributed by atoms with Gasteiger partial charge in [0.25, 0.3) is 0 Å². The molecule has 1 amide bonds. The van der Waals surface area contributed by atoms with Crippen molar-refractivity contribution >= 4 is 51.4 Å². The molecule has 0 radical (unpaired) electrons. The molecule has 1 aliphatic heterocycles. The Morgan fingerprint density at radius 3 is 2.33 bits per heavy atom. The quantitative estimate of drug-likeness (QED) is 0.0505. The van der Waals surface area contributed by atoms with Crippen LogP contribution < -0.4 is 14.4 Å². The van der Waals surface area contributed by atoms with Gasteiger partial charge in [-0.2, -0.15) is 5.10 Å². The number of para-hydroxylation sites is 1. The highest BCUT2D eigenvalue weighted by molar-refractivity contribution is 7.96. The molecule has 2 aromatic heterocycles. The summed E-state index contributed by atoms with van der Waals surface area (Å²) in [6, 6.07) is 28.4. The summed E-state index contributed by atoms with van der Waals surface area (Å²) in [4.78, 5) is 31.2. The van der Waals surface area contributed by atoms with E-state index in [9.17, 15) is 14.7 Å². The Morgan fingerprint density at radius 2 is 1.61 bits per heavy atom. The van der Waals surface area contributed by atoms with E-state index in [1.807, 2.05) is 87.0 Å². The summed E-state index contributed by atoms with van der Waals surface area (Å²) in [5, 5.41) is 18.8. The van der Waals surface area contributed by atoms with Gasteiger partial charge in [-0.3, -0.25) is 4.68 Å². The molecule has 0 aliphatic carbocycles. The molecular formula is C50H62N6O7S. The number of piperazine rings is 1. The molecule has 0 unspecified atom stereocenters. The fourth-order valence-electron chi connectivity index (χ4n) is 8.49. The van der Waals surface area contributed by atoms with Crippen molar-refractivity contribution in [1.29, 1.82) is 0 Å². The molecule has 0 spiro atoms. The first kappa shape index (κ1) is 46.3. The van der Waals surface area contributed by atoms with E-state index in [2.05, 4.69) is 45.8 Å². The predicted octanol–water partition coefficient (Wildman–Crippen LogP) is 9.11. The van der Waals surface area contributed by atoms with Crippen molar-refractivity contribution in [2.24, 2.45) is 7.05 Å². The molecule has 0 atom stereocenters. The molecule has 1 N–H and O–H groups in total. The number of nitrogens with zero attached hydrogens (tertiary/aromatic N) is 6. The van der Waals surface area contributed by atoms with Gasteiger partial charge in [-0.15, -0.1) is 0 Å². The van der Waals surface area contributed by atoms with Crippen LogP contribution in [0, 0.1) is 0 Å². The van der Waals surface area contributed by atoms with Crippen molar-refractivity contribution in [1.82, 2.24) is 23.6 Å². The summed E-state index contributed by atoms with van der Waals surface area (Å²) in [6.45, 7) is 12.6. The summed E-state index contributed by atoms with van der Waals surface area (Å²) < 4.78 is 30.3. The van der Waals surface area contributed by atoms with E-state index in [-0.39, 0.29) is 19.8 Å². The molecule has 14 heteroatoms. The number of aromatic nitrogens is 3. The summed E-state index contributed by atoms with van der Waals surface area (Å²) >= 11 is 1.79. The highest BCUT2D eigenvalue weighted by Crippen LogP contribution is 2.39. The number of benzene rings is 4. The smallest absolute Gasteiger partial charge is 0.410 e. The van der Waals surface area contributed by atoms with Crippen molar-refractivity contribution in [2.45, 2.75) is 72.3 Å². The zero-order valence-corrected chi connectivity index (χ0v) is 39.1. The number of carbonyl (C=O) groups excluding carboxylic acids is 2. The van der Waals surface area contributed by atoms with Crippen LogP contribution in [0.3, 0.4) is 0 Å². The van der Waals surface area contributed by atoms with Crippen LogP contribution >= 0.6 is 11.9 Å². The Balaban J connectivity index is 1.23. The van der Waals surface area contributed by atoms with Crippen molar-refractivity contribution in [2.75, 3.05) is 64.1 Å². The molecule has 1 saturated heterocycles. The Bertz CT molecular complexity index is 2530. The maximum atomic E-state index is 14.2. The summed E-state index contributed by atoms with van der Waals surface area (Å²) in [5.74, 6) is 1.09. The molecule has 1 aliphatic rings. The normalized spacial score (nSPS) is 13.4. The van der Waals surface area contributed by atoms with Crippen molar-refractivity contribution in [3.63, 3.8) is 0 Å². The van der Waals surface area contributed by atoms with E-state index in [0.717, 1.165) is 76.0 Å². The van der Waals surface area contributed by atoms with Crippen molar-refractivity contribution in [3.8, 4) is 22.6 Å². The molecular weight excluding hydrogens is 829 g/mol. The Kier molecular flexibility index (Phi) is 15.1. The molecule has 7 rings (SSSR count). The topological polar surface area (TPSA) is 124 Å². The average molecular weight is 891 g/mol. The van der Waals surface area contributed by atoms with Gasteiger partial charge in [-0.1, -0.05) is 66.5 Å². The van der Waals surface area contributed by atoms with Gasteiger partial charge in [-0.25, -0.2) is 13.9 Å². The van der Waals surface area contributed by atoms with Crippen molar-refractivity contribution in [3.05, 3.63) is 108 Å². The molecule has 1 fully saturated rings. The Morgan fingerprint density at radius 1 is 0.891 bits per heavy atom. The third-order valence-electron chi connectivity index (χ3n) is 11.5. The van der Waals surface area contributed by atoms with E-state index >= 15 is 0 Å². The number of esters is 1. The first-order chi connectivity index (χ1) is 30.9. The fraction of sp³-hybridized carbons (Fsp3) is 0.420. The number of aliphatic hydroxyl groups is 1. The van der Waals surface area contributed by atoms with Gasteiger partial charge in [0.15, 0.2) is 0 Å². The molecule has 6 aromatic rings. The molecule has 0 bridgehead atoms. The standard InChI is InChI=1S/C50H62N6O7S/c1-8-60-48(58)47-40(20-13-32-61-44-21-11-16-35-15-9-10-17-38(35)44)39-18-12-19-41(46(39)56(47)27-14-26-52(5)49(59)63-50(2,3)4)45-42(51-53(6)43(45)33-57)34-62-37-24-22-36(23-25-37)54-28-30-55(64-7)31-29-54/h9-12,15-19,21-25,57H,8,13-14,20,26-34H2,1-7H3. The lowest BCUT2D eigenvalue weighted by Gasteiger charge is -2.34. The number of fused-ring (bicyclic) bond motifs is 2. The van der Waals surface area contributed by atoms with Crippen LogP contribution in [0.15, 0.2) is 84.9 Å². The second-order valence-electron chi connectivity index (χ2n) is 17.0. The zero-order chi connectivity index (χ0) is 45.4. The minimum atomic E-state index is -0.636. The molecule has 13 nitrogen and oxygen atoms in total. The highest BCUT2D eigenvalue weighted by atomic mass is 32.2. The predicted molar refractivity (Wildman–Crippen MR) is 255 cm³/mol. The van der Waals surface area contributed by atoms with Crippen LogP contribution in [0.1, 0.15) is 68.0 Å². The molecule has 64 heavy (non-hydrogen) atoms. The van der Waals surface area contributed by atoms with Crippen LogP contribution in [0.2, 0.25) is 0 Å². The Hall–Kier alpha value is -5.70. The fourth-order valence-corrected chi connectivity index (χ4v) is 9.02. The summed E-state index contributed by atoms with van der Waals surface area (Å²) in [5.41, 5.74) is 5.45. The lowest BCUT2D eigenvalue weighted by molar-refractivity contribution is 0.0294. The zero-order valence-electron chi connectivity index (χ0n) is 38.3. The molecule has 3 heterocycles. The van der Waals surface area contributed by atoms with Crippen LogP contribution in [0.5, 0.6) is 11.5 Å². The van der Waals surface area contributed by atoms with E-state index in [4.69, 9.17) is 24.0 Å². The van der Waals surface area contributed by atoms with E-state index < -0.39 is 17.7 Å². The van der Waals surface area contributed by atoms with Gasteiger partial charge in [0.05, 0.1) is 31.0 Å². The summed E-state index contributed by atoms with van der Waals surface area (Å²) in [6.07, 6.45) is 3.38. The number of ether oxygens (including phenoxy) is 4. The number of amides is 1. The molecule has 340 valence electrons. The largest absolute Gasteiger partial charge is 0.493 e. The van der Waals surface area contributed by atoms with Crippen LogP contribution in [0.4, 0.5) is 10.5 Å². The van der Waals surface area contributed by atoms with Gasteiger partial charge < -0.3 is 38.4 Å². The van der Waals surface area contributed by atoms with Crippen LogP contribution in [-0.4, -0.2) is 106 Å². The van der Waals surface area contributed by atoms with Gasteiger partial charge >= 0.3 is 12.1 Å². The van der Waals surface area contributed by atoms with Gasteiger partial charge in [0.1, 0.15) is 35.1 Å². The number of rotatable bonds is 18. The first-order valence-corrected chi connectivity index (χ1v) is 23.4. The monoisotopic (exact) mass is 890 g/mol. The minimum Gasteiger partial charge on any atom is -0.493 e. The number of aryl methyl sites for hydroxylation is 3. The molecule has 4 aromatic carbocycles. The van der Waals surface area contributed by atoms with Gasteiger partial charge in [0.2, 0.25) is 0 Å². The lowest BCUT2D eigenvalue weighted by Crippen LogP contribution is -2.43. The van der Waals surface area contributed by atoms with E-state index in [0.29, 0.717) is 61.8 Å². The second kappa shape index (κ2) is 20.9. The van der Waals surface area contributed by atoms with Crippen LogP contribution in [-0.2, 0) is 42.7 Å². The van der Waals surface area contributed by atoms with Crippen LogP contribution in [0.25, 0.3) is 32.8 Å².